The summed E-state index contributed by atoms with van der Waals surface area (Å²) in [7, 11) is 0. The number of hydrogen-bond donors (Lipinski definition) is 1. The number of aldehydes is 1. The van der Waals surface area contributed by atoms with Crippen molar-refractivity contribution >= 4 is 6.29 Å². The largest absolute Gasteiger partial charge is 0.324 e. The molecule has 4 nitrogen and oxygen atoms in total. The van der Waals surface area contributed by atoms with E-state index in [-0.39, 0.29) is 0 Å². The van der Waals surface area contributed by atoms with Crippen LogP contribution in [0.4, 0.5) is 0 Å². The van der Waals surface area contributed by atoms with E-state index >= 15 is 0 Å². The van der Waals surface area contributed by atoms with Crippen LogP contribution in [0.5, 0.6) is 0 Å². The van der Waals surface area contributed by atoms with Crippen molar-refractivity contribution in [3.63, 3.8) is 0 Å². The van der Waals surface area contributed by atoms with Crippen molar-refractivity contribution in [1.82, 2.24) is 14.9 Å². The average Bonchev–Trinajstić information content (AvgIpc) is 2.74. The molecule has 2 rings (SSSR count). The minimum absolute atomic E-state index is 0.410. The second kappa shape index (κ2) is 3.06. The fourth-order valence-electron chi connectivity index (χ4n) is 1.60. The highest BCUT2D eigenvalue weighted by Crippen LogP contribution is 2.15. The highest BCUT2D eigenvalue weighted by Gasteiger charge is 2.17. The third-order valence-electron chi connectivity index (χ3n) is 2.23. The molecule has 1 aromatic heterocycles. The number of carbonyl (C=O) groups excluding carboxylic acids is 1. The van der Waals surface area contributed by atoms with Gasteiger partial charge in [0, 0.05) is 25.0 Å². The van der Waals surface area contributed by atoms with E-state index in [1.165, 1.54) is 0 Å². The molecule has 1 N–H and O–H groups in total. The maximum Gasteiger partial charge on any atom is 0.185 e. The zero-order valence-electron chi connectivity index (χ0n) is 6.73. The van der Waals surface area contributed by atoms with Crippen LogP contribution in [-0.4, -0.2) is 28.9 Å². The third kappa shape index (κ3) is 1.14. The van der Waals surface area contributed by atoms with Crippen molar-refractivity contribution in [2.45, 2.75) is 12.5 Å². The highest BCUT2D eigenvalue weighted by molar-refractivity contribution is 5.69. The zero-order chi connectivity index (χ0) is 8.39. The van der Waals surface area contributed by atoms with Crippen LogP contribution in [0.15, 0.2) is 12.4 Å². The molecule has 1 unspecified atom stereocenters. The number of nitrogens with zero attached hydrogens (tertiary/aromatic N) is 2. The molecule has 1 saturated heterocycles. The molecular weight excluding hydrogens is 154 g/mol. The number of imidazole rings is 1. The van der Waals surface area contributed by atoms with Crippen LogP contribution in [0.3, 0.4) is 0 Å². The van der Waals surface area contributed by atoms with Crippen LogP contribution < -0.4 is 5.32 Å². The second-order valence-electron chi connectivity index (χ2n) is 2.96. The van der Waals surface area contributed by atoms with Gasteiger partial charge >= 0.3 is 0 Å². The van der Waals surface area contributed by atoms with Gasteiger partial charge in [-0.25, -0.2) is 4.98 Å². The molecule has 1 aliphatic heterocycles. The Hall–Kier alpha value is -1.16. The molecule has 0 amide bonds. The lowest BCUT2D eigenvalue weighted by Crippen LogP contribution is -2.14. The molecule has 1 atom stereocenters. The fourth-order valence-corrected chi connectivity index (χ4v) is 1.60. The molecule has 0 bridgehead atoms. The lowest BCUT2D eigenvalue weighted by atomic mass is 10.2. The van der Waals surface area contributed by atoms with E-state index in [2.05, 4.69) is 10.3 Å². The quantitative estimate of drug-likeness (QED) is 0.638. The van der Waals surface area contributed by atoms with Gasteiger partial charge in [0.25, 0.3) is 0 Å². The minimum Gasteiger partial charge on any atom is -0.324 e. The molecule has 12 heavy (non-hydrogen) atoms. The third-order valence-corrected chi connectivity index (χ3v) is 2.23. The summed E-state index contributed by atoms with van der Waals surface area (Å²) in [5, 5.41) is 3.25. The Morgan fingerprint density at radius 1 is 1.75 bits per heavy atom. The molecule has 1 aliphatic rings. The molecular formula is C8H11N3O. The molecule has 1 aromatic rings. The monoisotopic (exact) mass is 165 g/mol. The molecule has 64 valence electrons. The SMILES string of the molecule is O=Cc1nccn1C1CCNC1. The molecule has 0 aromatic carbocycles. The predicted molar refractivity (Wildman–Crippen MR) is 44.1 cm³/mol. The Bertz CT molecular complexity index is 276. The summed E-state index contributed by atoms with van der Waals surface area (Å²) in [4.78, 5) is 14.5. The van der Waals surface area contributed by atoms with Crippen LogP contribution in [0.1, 0.15) is 23.1 Å². The predicted octanol–water partition coefficient (Wildman–Crippen LogP) is 0.230. The fraction of sp³-hybridized carbons (Fsp3) is 0.500. The first-order valence-electron chi connectivity index (χ1n) is 4.10. The zero-order valence-corrected chi connectivity index (χ0v) is 6.73. The van der Waals surface area contributed by atoms with Gasteiger partial charge in [-0.2, -0.15) is 0 Å². The molecule has 0 spiro atoms. The van der Waals surface area contributed by atoms with Crippen LogP contribution in [0.2, 0.25) is 0 Å². The van der Waals surface area contributed by atoms with Crippen LogP contribution in [0.25, 0.3) is 0 Å². The maximum atomic E-state index is 10.5. The molecule has 0 aliphatic carbocycles. The molecule has 0 radical (unpaired) electrons. The first-order valence-corrected chi connectivity index (χ1v) is 4.10. The van der Waals surface area contributed by atoms with Gasteiger partial charge in [0.2, 0.25) is 0 Å². The standard InChI is InChI=1S/C8H11N3O/c12-6-8-10-3-4-11(8)7-1-2-9-5-7/h3-4,6-7,9H,1-2,5H2. The van der Waals surface area contributed by atoms with E-state index in [9.17, 15) is 4.79 Å². The second-order valence-corrected chi connectivity index (χ2v) is 2.96. The van der Waals surface area contributed by atoms with Gasteiger partial charge in [0.15, 0.2) is 12.1 Å². The summed E-state index contributed by atoms with van der Waals surface area (Å²) in [6, 6.07) is 0.410. The summed E-state index contributed by atoms with van der Waals surface area (Å²) < 4.78 is 1.94. The number of carbonyl (C=O) groups is 1. The average molecular weight is 165 g/mol. The smallest absolute Gasteiger partial charge is 0.185 e. The van der Waals surface area contributed by atoms with Gasteiger partial charge in [0.1, 0.15) is 0 Å². The summed E-state index contributed by atoms with van der Waals surface area (Å²) in [5.41, 5.74) is 0. The van der Waals surface area contributed by atoms with Crippen molar-refractivity contribution in [2.75, 3.05) is 13.1 Å². The number of hydrogen-bond acceptors (Lipinski definition) is 3. The Balaban J connectivity index is 2.25. The van der Waals surface area contributed by atoms with Crippen molar-refractivity contribution in [3.8, 4) is 0 Å². The van der Waals surface area contributed by atoms with E-state index in [1.807, 2.05) is 10.8 Å². The van der Waals surface area contributed by atoms with Gasteiger partial charge in [-0.15, -0.1) is 0 Å². The molecule has 2 heterocycles. The van der Waals surface area contributed by atoms with E-state index in [4.69, 9.17) is 0 Å². The summed E-state index contributed by atoms with van der Waals surface area (Å²) in [6.45, 7) is 1.97. The van der Waals surface area contributed by atoms with Crippen LogP contribution in [0, 0.1) is 0 Å². The lowest BCUT2D eigenvalue weighted by molar-refractivity contribution is 0.110. The van der Waals surface area contributed by atoms with Crippen LogP contribution >= 0.6 is 0 Å². The Labute approximate surface area is 70.6 Å². The van der Waals surface area contributed by atoms with Crippen molar-refractivity contribution in [2.24, 2.45) is 0 Å². The highest BCUT2D eigenvalue weighted by atomic mass is 16.1. The summed E-state index contributed by atoms with van der Waals surface area (Å²) >= 11 is 0. The van der Waals surface area contributed by atoms with Crippen molar-refractivity contribution in [1.29, 1.82) is 0 Å². The minimum atomic E-state index is 0.410. The van der Waals surface area contributed by atoms with Gasteiger partial charge < -0.3 is 9.88 Å². The number of aromatic nitrogens is 2. The first kappa shape index (κ1) is 7.49. The van der Waals surface area contributed by atoms with Gasteiger partial charge in [-0.3, -0.25) is 4.79 Å². The molecule has 4 heteroatoms. The van der Waals surface area contributed by atoms with E-state index in [0.29, 0.717) is 11.9 Å². The van der Waals surface area contributed by atoms with Crippen molar-refractivity contribution in [3.05, 3.63) is 18.2 Å². The number of rotatable bonds is 2. The molecule has 0 saturated carbocycles. The van der Waals surface area contributed by atoms with Gasteiger partial charge in [0.05, 0.1) is 0 Å². The van der Waals surface area contributed by atoms with E-state index < -0.39 is 0 Å². The Morgan fingerprint density at radius 2 is 2.67 bits per heavy atom. The first-order chi connectivity index (χ1) is 5.92. The van der Waals surface area contributed by atoms with E-state index in [1.54, 1.807) is 6.20 Å². The van der Waals surface area contributed by atoms with E-state index in [0.717, 1.165) is 25.8 Å². The van der Waals surface area contributed by atoms with Gasteiger partial charge in [-0.1, -0.05) is 0 Å². The maximum absolute atomic E-state index is 10.5. The normalized spacial score (nSPS) is 22.8. The Morgan fingerprint density at radius 3 is 3.33 bits per heavy atom. The van der Waals surface area contributed by atoms with Crippen molar-refractivity contribution < 1.29 is 4.79 Å². The topological polar surface area (TPSA) is 46.9 Å². The van der Waals surface area contributed by atoms with Crippen LogP contribution in [-0.2, 0) is 0 Å². The molecule has 1 fully saturated rings. The Kier molecular flexibility index (Phi) is 1.91. The van der Waals surface area contributed by atoms with Gasteiger partial charge in [-0.05, 0) is 13.0 Å². The summed E-state index contributed by atoms with van der Waals surface area (Å²) in [5.74, 6) is 0.531. The lowest BCUT2D eigenvalue weighted by Gasteiger charge is -2.10. The summed E-state index contributed by atoms with van der Waals surface area (Å²) in [6.07, 6.45) is 5.42. The number of nitrogens with one attached hydrogen (secondary N) is 1.